The number of aryl methyl sites for hydroxylation is 1. The van der Waals surface area contributed by atoms with E-state index in [0.29, 0.717) is 15.6 Å². The standard InChI is InChI=1S/C20H14ClNO3S2/c1-11-6-7-12(10-13(11)21)22-17(14-4-2-8-26-14)16(19(24)20(22)25)18(23)15-5-3-9-27-15/h2-10,17,24H,1H3. The summed E-state index contributed by atoms with van der Waals surface area (Å²) in [6.45, 7) is 1.87. The number of halogens is 1. The van der Waals surface area contributed by atoms with Crippen molar-refractivity contribution in [1.82, 2.24) is 0 Å². The number of amides is 1. The molecule has 2 aromatic heterocycles. The van der Waals surface area contributed by atoms with E-state index < -0.39 is 17.7 Å². The van der Waals surface area contributed by atoms with Crippen LogP contribution in [0.4, 0.5) is 5.69 Å². The van der Waals surface area contributed by atoms with E-state index in [2.05, 4.69) is 0 Å². The van der Waals surface area contributed by atoms with Crippen LogP contribution in [0, 0.1) is 6.92 Å². The fraction of sp³-hybridized carbons (Fsp3) is 0.100. The summed E-state index contributed by atoms with van der Waals surface area (Å²) in [6, 6.07) is 11.7. The van der Waals surface area contributed by atoms with Gasteiger partial charge in [0.15, 0.2) is 5.76 Å². The Hall–Kier alpha value is -2.41. The van der Waals surface area contributed by atoms with Gasteiger partial charge in [-0.2, -0.15) is 0 Å². The topological polar surface area (TPSA) is 57.6 Å². The highest BCUT2D eigenvalue weighted by Gasteiger charge is 2.45. The summed E-state index contributed by atoms with van der Waals surface area (Å²) in [5.74, 6) is -1.45. The van der Waals surface area contributed by atoms with Gasteiger partial charge in [0.1, 0.15) is 6.04 Å². The molecule has 1 aliphatic heterocycles. The van der Waals surface area contributed by atoms with Gasteiger partial charge in [-0.25, -0.2) is 0 Å². The number of aliphatic hydroxyl groups excluding tert-OH is 1. The van der Waals surface area contributed by atoms with Gasteiger partial charge in [0.2, 0.25) is 5.78 Å². The number of benzene rings is 1. The molecule has 0 bridgehead atoms. The Morgan fingerprint density at radius 2 is 1.89 bits per heavy atom. The molecule has 0 saturated heterocycles. The van der Waals surface area contributed by atoms with Gasteiger partial charge in [-0.15, -0.1) is 22.7 Å². The average Bonchev–Trinajstić information content (AvgIpc) is 3.39. The number of hydrogen-bond donors (Lipinski definition) is 1. The number of ketones is 1. The molecule has 0 radical (unpaired) electrons. The molecule has 1 atom stereocenters. The van der Waals surface area contributed by atoms with E-state index in [9.17, 15) is 14.7 Å². The molecule has 4 nitrogen and oxygen atoms in total. The first-order valence-corrected chi connectivity index (χ1v) is 10.3. The number of hydrogen-bond acceptors (Lipinski definition) is 5. The maximum absolute atomic E-state index is 13.1. The van der Waals surface area contributed by atoms with Gasteiger partial charge >= 0.3 is 0 Å². The van der Waals surface area contributed by atoms with E-state index in [0.717, 1.165) is 10.4 Å². The van der Waals surface area contributed by atoms with Gasteiger partial charge < -0.3 is 5.11 Å². The number of Topliss-reactive ketones (excluding diaryl/α,β-unsaturated/α-hetero) is 1. The lowest BCUT2D eigenvalue weighted by atomic mass is 10.0. The third-order valence-corrected chi connectivity index (χ3v) is 6.64. The van der Waals surface area contributed by atoms with Gasteiger partial charge in [-0.3, -0.25) is 14.5 Å². The predicted octanol–water partition coefficient (Wildman–Crippen LogP) is 5.55. The van der Waals surface area contributed by atoms with Crippen molar-refractivity contribution >= 4 is 51.7 Å². The highest BCUT2D eigenvalue weighted by Crippen LogP contribution is 2.44. The van der Waals surface area contributed by atoms with Gasteiger partial charge in [0.25, 0.3) is 5.91 Å². The van der Waals surface area contributed by atoms with Crippen molar-refractivity contribution in [1.29, 1.82) is 0 Å². The van der Waals surface area contributed by atoms with Crippen molar-refractivity contribution in [2.45, 2.75) is 13.0 Å². The monoisotopic (exact) mass is 415 g/mol. The number of nitrogens with zero attached hydrogens (tertiary/aromatic N) is 1. The average molecular weight is 416 g/mol. The molecular weight excluding hydrogens is 402 g/mol. The van der Waals surface area contributed by atoms with E-state index in [-0.39, 0.29) is 11.4 Å². The fourth-order valence-corrected chi connectivity index (χ4v) is 4.77. The minimum atomic E-state index is -0.689. The van der Waals surface area contributed by atoms with Crippen LogP contribution >= 0.6 is 34.3 Å². The summed E-state index contributed by atoms with van der Waals surface area (Å²) in [5, 5.41) is 14.8. The van der Waals surface area contributed by atoms with E-state index in [4.69, 9.17) is 11.6 Å². The number of thiophene rings is 2. The Morgan fingerprint density at radius 1 is 1.15 bits per heavy atom. The van der Waals surface area contributed by atoms with Gasteiger partial charge in [-0.05, 0) is 47.5 Å². The normalized spacial score (nSPS) is 17.0. The van der Waals surface area contributed by atoms with Crippen LogP contribution in [0.2, 0.25) is 5.02 Å². The smallest absolute Gasteiger partial charge is 0.294 e. The summed E-state index contributed by atoms with van der Waals surface area (Å²) in [5.41, 5.74) is 1.52. The van der Waals surface area contributed by atoms with Crippen molar-refractivity contribution in [3.8, 4) is 0 Å². The van der Waals surface area contributed by atoms with Crippen LogP contribution in [0.1, 0.15) is 26.2 Å². The molecule has 0 spiro atoms. The zero-order valence-corrected chi connectivity index (χ0v) is 16.6. The third-order valence-electron chi connectivity index (χ3n) is 4.44. The SMILES string of the molecule is Cc1ccc(N2C(=O)C(O)=C(C(=O)c3cccs3)C2c2cccs2)cc1Cl. The fourth-order valence-electron chi connectivity index (χ4n) is 3.09. The first-order valence-electron chi connectivity index (χ1n) is 8.13. The Labute approximate surface area is 169 Å². The van der Waals surface area contributed by atoms with Crippen molar-refractivity contribution in [3.63, 3.8) is 0 Å². The van der Waals surface area contributed by atoms with Gasteiger partial charge in [-0.1, -0.05) is 29.8 Å². The van der Waals surface area contributed by atoms with Crippen LogP contribution in [-0.2, 0) is 4.79 Å². The van der Waals surface area contributed by atoms with Gasteiger partial charge in [0.05, 0.1) is 10.5 Å². The van der Waals surface area contributed by atoms with Crippen molar-refractivity contribution in [3.05, 3.63) is 84.9 Å². The second-order valence-electron chi connectivity index (χ2n) is 6.10. The molecule has 4 rings (SSSR count). The molecule has 0 saturated carbocycles. The molecule has 7 heteroatoms. The molecule has 3 aromatic rings. The quantitative estimate of drug-likeness (QED) is 0.568. The molecule has 1 amide bonds. The number of anilines is 1. The predicted molar refractivity (Wildman–Crippen MR) is 109 cm³/mol. The highest BCUT2D eigenvalue weighted by molar-refractivity contribution is 7.12. The minimum Gasteiger partial charge on any atom is -0.503 e. The Kier molecular flexibility index (Phi) is 4.63. The Balaban J connectivity index is 1.87. The van der Waals surface area contributed by atoms with Crippen molar-refractivity contribution < 1.29 is 14.7 Å². The van der Waals surface area contributed by atoms with Crippen LogP contribution in [0.15, 0.2) is 64.6 Å². The number of carbonyl (C=O) groups excluding carboxylic acids is 2. The van der Waals surface area contributed by atoms with Crippen LogP contribution in [0.5, 0.6) is 0 Å². The molecule has 136 valence electrons. The Bertz CT molecular complexity index is 1060. The minimum absolute atomic E-state index is 0.0987. The highest BCUT2D eigenvalue weighted by atomic mass is 35.5. The van der Waals surface area contributed by atoms with Crippen LogP contribution in [-0.4, -0.2) is 16.8 Å². The lowest BCUT2D eigenvalue weighted by Crippen LogP contribution is -2.30. The molecule has 1 aliphatic rings. The van der Waals surface area contributed by atoms with Crippen LogP contribution in [0.3, 0.4) is 0 Å². The third kappa shape index (κ3) is 3.00. The van der Waals surface area contributed by atoms with E-state index in [1.165, 1.54) is 27.6 Å². The lowest BCUT2D eigenvalue weighted by molar-refractivity contribution is -0.117. The zero-order valence-electron chi connectivity index (χ0n) is 14.2. The molecule has 1 aromatic carbocycles. The first kappa shape index (κ1) is 18.0. The second-order valence-corrected chi connectivity index (χ2v) is 8.43. The first-order chi connectivity index (χ1) is 13.0. The summed E-state index contributed by atoms with van der Waals surface area (Å²) < 4.78 is 0. The number of rotatable bonds is 4. The maximum atomic E-state index is 13.1. The second kappa shape index (κ2) is 6.96. The molecule has 1 unspecified atom stereocenters. The molecule has 27 heavy (non-hydrogen) atoms. The zero-order chi connectivity index (χ0) is 19.1. The van der Waals surface area contributed by atoms with Crippen LogP contribution < -0.4 is 4.90 Å². The molecule has 0 aliphatic carbocycles. The lowest BCUT2D eigenvalue weighted by Gasteiger charge is -2.26. The summed E-state index contributed by atoms with van der Waals surface area (Å²) >= 11 is 8.96. The van der Waals surface area contributed by atoms with Gasteiger partial charge in [0, 0.05) is 15.6 Å². The Morgan fingerprint density at radius 3 is 2.52 bits per heavy atom. The summed E-state index contributed by atoms with van der Waals surface area (Å²) in [7, 11) is 0. The molecule has 3 heterocycles. The van der Waals surface area contributed by atoms with E-state index in [1.54, 1.807) is 29.6 Å². The van der Waals surface area contributed by atoms with E-state index in [1.807, 2.05) is 30.5 Å². The maximum Gasteiger partial charge on any atom is 0.294 e. The van der Waals surface area contributed by atoms with Crippen LogP contribution in [0.25, 0.3) is 0 Å². The van der Waals surface area contributed by atoms with Crippen molar-refractivity contribution in [2.75, 3.05) is 4.90 Å². The van der Waals surface area contributed by atoms with Crippen molar-refractivity contribution in [2.24, 2.45) is 0 Å². The number of carbonyl (C=O) groups is 2. The molecule has 0 fully saturated rings. The van der Waals surface area contributed by atoms with E-state index >= 15 is 0 Å². The molecule has 1 N–H and O–H groups in total. The summed E-state index contributed by atoms with van der Waals surface area (Å²) in [6.07, 6.45) is 0. The molecular formula is C20H14ClNO3S2. The number of aliphatic hydroxyl groups is 1. The summed E-state index contributed by atoms with van der Waals surface area (Å²) in [4.78, 5) is 28.7. The largest absolute Gasteiger partial charge is 0.503 e.